The van der Waals surface area contributed by atoms with Gasteiger partial charge < -0.3 is 14.7 Å². The van der Waals surface area contributed by atoms with Gasteiger partial charge in [0, 0.05) is 25.1 Å². The van der Waals surface area contributed by atoms with Gasteiger partial charge in [0.25, 0.3) is 0 Å². The Morgan fingerprint density at radius 2 is 2.13 bits per heavy atom. The predicted molar refractivity (Wildman–Crippen MR) is 55.5 cm³/mol. The van der Waals surface area contributed by atoms with Crippen LogP contribution in [0.4, 0.5) is 4.79 Å². The molecule has 1 amide bonds. The van der Waals surface area contributed by atoms with Gasteiger partial charge in [-0.25, -0.2) is 4.79 Å². The molecule has 0 radical (unpaired) electrons. The van der Waals surface area contributed by atoms with Gasteiger partial charge in [-0.05, 0) is 19.3 Å². The average Bonchev–Trinajstić information content (AvgIpc) is 2.30. The molecular formula is C11H19NO3. The molecule has 1 saturated heterocycles. The molecule has 1 saturated carbocycles. The molecule has 1 aliphatic carbocycles. The second-order valence-electron chi connectivity index (χ2n) is 4.46. The van der Waals surface area contributed by atoms with E-state index in [-0.39, 0.29) is 24.7 Å². The Morgan fingerprint density at radius 3 is 2.87 bits per heavy atom. The maximum atomic E-state index is 11.6. The first-order chi connectivity index (χ1) is 7.33. The molecule has 0 bridgehead atoms. The molecule has 2 atom stereocenters. The molecule has 4 nitrogen and oxygen atoms in total. The van der Waals surface area contributed by atoms with Gasteiger partial charge in [-0.2, -0.15) is 0 Å². The Hall–Kier alpha value is -0.770. The summed E-state index contributed by atoms with van der Waals surface area (Å²) < 4.78 is 5.04. The number of hydrogen-bond donors (Lipinski definition) is 1. The number of rotatable bonds is 2. The normalized spacial score (nSPS) is 32.6. The molecular weight excluding hydrogens is 194 g/mol. The number of ether oxygens (including phenoxy) is 1. The lowest BCUT2D eigenvalue weighted by Crippen LogP contribution is -2.50. The number of cyclic esters (lactones) is 1. The van der Waals surface area contributed by atoms with Crippen molar-refractivity contribution in [2.75, 3.05) is 19.8 Å². The van der Waals surface area contributed by atoms with Gasteiger partial charge in [-0.15, -0.1) is 0 Å². The zero-order valence-electron chi connectivity index (χ0n) is 9.02. The van der Waals surface area contributed by atoms with Crippen LogP contribution in [0.25, 0.3) is 0 Å². The molecule has 15 heavy (non-hydrogen) atoms. The standard InChI is InChI=1S/C11H19NO3/c13-8-9-4-1-2-5-10(9)12-6-3-7-15-11(12)14/h9-10,13H,1-8H2. The summed E-state index contributed by atoms with van der Waals surface area (Å²) in [6.07, 6.45) is 5.10. The number of hydrogen-bond acceptors (Lipinski definition) is 3. The Balaban J connectivity index is 2.02. The number of aliphatic hydroxyl groups is 1. The largest absolute Gasteiger partial charge is 0.449 e. The van der Waals surface area contributed by atoms with Crippen molar-refractivity contribution in [1.82, 2.24) is 4.90 Å². The first kappa shape index (κ1) is 10.7. The highest BCUT2D eigenvalue weighted by atomic mass is 16.6. The van der Waals surface area contributed by atoms with Crippen molar-refractivity contribution in [3.63, 3.8) is 0 Å². The van der Waals surface area contributed by atoms with Crippen molar-refractivity contribution in [1.29, 1.82) is 0 Å². The molecule has 2 aliphatic rings. The van der Waals surface area contributed by atoms with Crippen molar-refractivity contribution in [2.45, 2.75) is 38.1 Å². The van der Waals surface area contributed by atoms with E-state index in [2.05, 4.69) is 0 Å². The highest BCUT2D eigenvalue weighted by molar-refractivity contribution is 5.68. The Bertz CT molecular complexity index is 232. The van der Waals surface area contributed by atoms with Crippen LogP contribution in [-0.4, -0.2) is 41.9 Å². The molecule has 4 heteroatoms. The van der Waals surface area contributed by atoms with Crippen LogP contribution in [0.1, 0.15) is 32.1 Å². The summed E-state index contributed by atoms with van der Waals surface area (Å²) in [5.41, 5.74) is 0. The summed E-state index contributed by atoms with van der Waals surface area (Å²) in [5, 5.41) is 9.30. The van der Waals surface area contributed by atoms with E-state index in [9.17, 15) is 9.90 Å². The highest BCUT2D eigenvalue weighted by Crippen LogP contribution is 2.29. The Morgan fingerprint density at radius 1 is 1.33 bits per heavy atom. The van der Waals surface area contributed by atoms with E-state index in [1.165, 1.54) is 6.42 Å². The summed E-state index contributed by atoms with van der Waals surface area (Å²) in [4.78, 5) is 13.4. The van der Waals surface area contributed by atoms with Crippen LogP contribution in [0.2, 0.25) is 0 Å². The number of amides is 1. The third-order valence-corrected chi connectivity index (χ3v) is 3.51. The van der Waals surface area contributed by atoms with E-state index in [4.69, 9.17) is 4.74 Å². The van der Waals surface area contributed by atoms with Gasteiger partial charge in [-0.3, -0.25) is 0 Å². The van der Waals surface area contributed by atoms with Crippen LogP contribution in [0.15, 0.2) is 0 Å². The number of aliphatic hydroxyl groups excluding tert-OH is 1. The average molecular weight is 213 g/mol. The van der Waals surface area contributed by atoms with Gasteiger partial charge in [0.15, 0.2) is 0 Å². The summed E-state index contributed by atoms with van der Waals surface area (Å²) in [7, 11) is 0. The Labute approximate surface area is 90.2 Å². The fourth-order valence-corrected chi connectivity index (χ4v) is 2.68. The fraction of sp³-hybridized carbons (Fsp3) is 0.909. The maximum absolute atomic E-state index is 11.6. The third-order valence-electron chi connectivity index (χ3n) is 3.51. The SMILES string of the molecule is O=C1OCCCN1C1CCCCC1CO. The van der Waals surface area contributed by atoms with Crippen molar-refractivity contribution < 1.29 is 14.6 Å². The molecule has 2 unspecified atom stereocenters. The van der Waals surface area contributed by atoms with E-state index in [1.54, 1.807) is 0 Å². The summed E-state index contributed by atoms with van der Waals surface area (Å²) in [5.74, 6) is 0.254. The quantitative estimate of drug-likeness (QED) is 0.754. The molecule has 2 fully saturated rings. The lowest BCUT2D eigenvalue weighted by atomic mass is 9.84. The van der Waals surface area contributed by atoms with E-state index in [1.807, 2.05) is 4.90 Å². The minimum atomic E-state index is -0.188. The topological polar surface area (TPSA) is 49.8 Å². The minimum absolute atomic E-state index is 0.188. The van der Waals surface area contributed by atoms with Gasteiger partial charge in [0.2, 0.25) is 0 Å². The molecule has 0 aromatic rings. The number of carbonyl (C=O) groups excluding carboxylic acids is 1. The van der Waals surface area contributed by atoms with Crippen LogP contribution >= 0.6 is 0 Å². The summed E-state index contributed by atoms with van der Waals surface area (Å²) in [6, 6.07) is 0.205. The smallest absolute Gasteiger partial charge is 0.410 e. The van der Waals surface area contributed by atoms with Gasteiger partial charge in [0.05, 0.1) is 6.61 Å². The van der Waals surface area contributed by atoms with Crippen LogP contribution in [-0.2, 0) is 4.74 Å². The van der Waals surface area contributed by atoms with E-state index >= 15 is 0 Å². The molecule has 2 rings (SSSR count). The maximum Gasteiger partial charge on any atom is 0.410 e. The first-order valence-corrected chi connectivity index (χ1v) is 5.87. The monoisotopic (exact) mass is 213 g/mol. The van der Waals surface area contributed by atoms with Crippen LogP contribution in [0.3, 0.4) is 0 Å². The molecule has 1 N–H and O–H groups in total. The Kier molecular flexibility index (Phi) is 3.46. The molecule has 0 aromatic carbocycles. The van der Waals surface area contributed by atoms with Crippen molar-refractivity contribution in [3.05, 3.63) is 0 Å². The van der Waals surface area contributed by atoms with Crippen LogP contribution in [0, 0.1) is 5.92 Å². The second-order valence-corrected chi connectivity index (χ2v) is 4.46. The van der Waals surface area contributed by atoms with Gasteiger partial charge in [0.1, 0.15) is 0 Å². The molecule has 0 spiro atoms. The zero-order valence-corrected chi connectivity index (χ0v) is 9.02. The number of carbonyl (C=O) groups is 1. The van der Waals surface area contributed by atoms with Gasteiger partial charge in [-0.1, -0.05) is 12.8 Å². The van der Waals surface area contributed by atoms with E-state index in [0.717, 1.165) is 32.2 Å². The van der Waals surface area contributed by atoms with Crippen molar-refractivity contribution in [2.24, 2.45) is 5.92 Å². The first-order valence-electron chi connectivity index (χ1n) is 5.87. The van der Waals surface area contributed by atoms with Crippen molar-refractivity contribution in [3.8, 4) is 0 Å². The highest BCUT2D eigenvalue weighted by Gasteiger charge is 2.34. The predicted octanol–water partition coefficient (Wildman–Crippen LogP) is 1.38. The summed E-state index contributed by atoms with van der Waals surface area (Å²) in [6.45, 7) is 1.53. The van der Waals surface area contributed by atoms with Crippen LogP contribution < -0.4 is 0 Å². The van der Waals surface area contributed by atoms with Crippen molar-refractivity contribution >= 4 is 6.09 Å². The molecule has 1 aliphatic heterocycles. The minimum Gasteiger partial charge on any atom is -0.449 e. The second kappa shape index (κ2) is 4.84. The van der Waals surface area contributed by atoms with E-state index in [0.29, 0.717) is 6.61 Å². The molecule has 86 valence electrons. The lowest BCUT2D eigenvalue weighted by molar-refractivity contribution is 0.0192. The van der Waals surface area contributed by atoms with E-state index < -0.39 is 0 Å². The molecule has 0 aromatic heterocycles. The lowest BCUT2D eigenvalue weighted by Gasteiger charge is -2.40. The van der Waals surface area contributed by atoms with Crippen LogP contribution in [0.5, 0.6) is 0 Å². The van der Waals surface area contributed by atoms with Gasteiger partial charge >= 0.3 is 6.09 Å². The zero-order chi connectivity index (χ0) is 10.7. The number of nitrogens with zero attached hydrogens (tertiary/aromatic N) is 1. The fourth-order valence-electron chi connectivity index (χ4n) is 2.68. The molecule has 1 heterocycles. The summed E-state index contributed by atoms with van der Waals surface area (Å²) >= 11 is 0. The third kappa shape index (κ3) is 2.25.